The Morgan fingerprint density at radius 3 is 2.68 bits per heavy atom. The molecule has 2 N–H and O–H groups in total. The Balaban J connectivity index is 1.77. The summed E-state index contributed by atoms with van der Waals surface area (Å²) in [5, 5.41) is 5.03. The number of halogens is 1. The molecule has 0 radical (unpaired) electrons. The molecular formula is C17H14FN3O. The summed E-state index contributed by atoms with van der Waals surface area (Å²) >= 11 is 0. The highest BCUT2D eigenvalue weighted by Gasteiger charge is 2.06. The Morgan fingerprint density at radius 2 is 1.91 bits per heavy atom. The molecular weight excluding hydrogens is 281 g/mol. The van der Waals surface area contributed by atoms with Crippen LogP contribution >= 0.6 is 0 Å². The molecule has 1 heterocycles. The number of carbonyl (C=O) groups is 1. The van der Waals surface area contributed by atoms with E-state index in [0.717, 1.165) is 22.2 Å². The van der Waals surface area contributed by atoms with Crippen LogP contribution in [0.1, 0.15) is 21.6 Å². The van der Waals surface area contributed by atoms with Gasteiger partial charge in [0.25, 0.3) is 5.91 Å². The van der Waals surface area contributed by atoms with E-state index < -0.39 is 0 Å². The summed E-state index contributed by atoms with van der Waals surface area (Å²) in [7, 11) is 0. The number of H-pyrrole nitrogens is 1. The van der Waals surface area contributed by atoms with Gasteiger partial charge in [-0.25, -0.2) is 9.82 Å². The van der Waals surface area contributed by atoms with Crippen molar-refractivity contribution in [3.8, 4) is 0 Å². The number of hydrogen-bond donors (Lipinski definition) is 2. The van der Waals surface area contributed by atoms with E-state index in [9.17, 15) is 9.18 Å². The summed E-state index contributed by atoms with van der Waals surface area (Å²) in [6.07, 6.45) is 1.61. The van der Waals surface area contributed by atoms with Crippen molar-refractivity contribution in [2.45, 2.75) is 6.92 Å². The molecule has 4 nitrogen and oxygen atoms in total. The van der Waals surface area contributed by atoms with Gasteiger partial charge in [0.05, 0.1) is 6.21 Å². The highest BCUT2D eigenvalue weighted by atomic mass is 19.1. The lowest BCUT2D eigenvalue weighted by Gasteiger charge is -1.99. The number of aryl methyl sites for hydroxylation is 1. The predicted octanol–water partition coefficient (Wildman–Crippen LogP) is 3.38. The first kappa shape index (κ1) is 14.0. The maximum atomic E-state index is 12.8. The third kappa shape index (κ3) is 2.74. The van der Waals surface area contributed by atoms with Crippen LogP contribution in [0.2, 0.25) is 0 Å². The van der Waals surface area contributed by atoms with Crippen molar-refractivity contribution in [2.75, 3.05) is 0 Å². The minimum absolute atomic E-state index is 0.356. The van der Waals surface area contributed by atoms with E-state index in [1.165, 1.54) is 24.3 Å². The lowest BCUT2D eigenvalue weighted by Crippen LogP contribution is -2.17. The normalized spacial score (nSPS) is 11.2. The number of rotatable bonds is 3. The first-order valence-corrected chi connectivity index (χ1v) is 6.81. The number of carbonyl (C=O) groups excluding carboxylic acids is 1. The van der Waals surface area contributed by atoms with Crippen LogP contribution in [0.5, 0.6) is 0 Å². The van der Waals surface area contributed by atoms with E-state index in [4.69, 9.17) is 0 Å². The summed E-state index contributed by atoms with van der Waals surface area (Å²) in [6, 6.07) is 13.2. The molecule has 0 aliphatic heterocycles. The van der Waals surface area contributed by atoms with Crippen molar-refractivity contribution in [1.82, 2.24) is 10.4 Å². The topological polar surface area (TPSA) is 57.2 Å². The average molecular weight is 295 g/mol. The molecule has 0 aliphatic rings. The Kier molecular flexibility index (Phi) is 3.70. The largest absolute Gasteiger partial charge is 0.358 e. The number of para-hydroxylation sites is 1. The molecule has 110 valence electrons. The van der Waals surface area contributed by atoms with Gasteiger partial charge in [0.2, 0.25) is 0 Å². The lowest BCUT2D eigenvalue weighted by molar-refractivity contribution is 0.0955. The van der Waals surface area contributed by atoms with Gasteiger partial charge in [0, 0.05) is 27.7 Å². The van der Waals surface area contributed by atoms with Gasteiger partial charge in [-0.05, 0) is 37.3 Å². The molecule has 3 rings (SSSR count). The third-order valence-electron chi connectivity index (χ3n) is 3.41. The zero-order valence-corrected chi connectivity index (χ0v) is 11.9. The van der Waals surface area contributed by atoms with Crippen LogP contribution in [0.4, 0.5) is 4.39 Å². The van der Waals surface area contributed by atoms with Crippen LogP contribution in [-0.4, -0.2) is 17.1 Å². The fourth-order valence-electron chi connectivity index (χ4n) is 2.29. The van der Waals surface area contributed by atoms with Crippen LogP contribution in [0.15, 0.2) is 53.6 Å². The maximum Gasteiger partial charge on any atom is 0.271 e. The van der Waals surface area contributed by atoms with E-state index in [1.54, 1.807) is 6.21 Å². The van der Waals surface area contributed by atoms with Crippen molar-refractivity contribution < 1.29 is 9.18 Å². The van der Waals surface area contributed by atoms with E-state index in [2.05, 4.69) is 15.5 Å². The molecule has 0 unspecified atom stereocenters. The molecule has 0 spiro atoms. The predicted molar refractivity (Wildman–Crippen MR) is 84.5 cm³/mol. The van der Waals surface area contributed by atoms with Crippen molar-refractivity contribution in [2.24, 2.45) is 5.10 Å². The minimum atomic E-state index is -0.381. The fourth-order valence-corrected chi connectivity index (χ4v) is 2.29. The number of nitrogens with one attached hydrogen (secondary N) is 2. The Morgan fingerprint density at radius 1 is 1.18 bits per heavy atom. The van der Waals surface area contributed by atoms with Crippen LogP contribution < -0.4 is 5.43 Å². The van der Waals surface area contributed by atoms with E-state index in [1.807, 2.05) is 31.2 Å². The number of nitrogens with zero attached hydrogens (tertiary/aromatic N) is 1. The quantitative estimate of drug-likeness (QED) is 0.565. The van der Waals surface area contributed by atoms with Gasteiger partial charge in [0.1, 0.15) is 5.82 Å². The first-order valence-electron chi connectivity index (χ1n) is 6.81. The summed E-state index contributed by atoms with van der Waals surface area (Å²) in [6.45, 7) is 1.95. The molecule has 1 aromatic heterocycles. The lowest BCUT2D eigenvalue weighted by atomic mass is 10.1. The van der Waals surface area contributed by atoms with Crippen molar-refractivity contribution in [1.29, 1.82) is 0 Å². The Hall–Kier alpha value is -2.95. The van der Waals surface area contributed by atoms with Gasteiger partial charge in [0.15, 0.2) is 0 Å². The zero-order chi connectivity index (χ0) is 15.5. The molecule has 22 heavy (non-hydrogen) atoms. The van der Waals surface area contributed by atoms with Crippen molar-refractivity contribution in [3.63, 3.8) is 0 Å². The van der Waals surface area contributed by atoms with E-state index in [0.29, 0.717) is 5.56 Å². The maximum absolute atomic E-state index is 12.8. The molecule has 0 bridgehead atoms. The van der Waals surface area contributed by atoms with Gasteiger partial charge >= 0.3 is 0 Å². The SMILES string of the molecule is Cc1[nH]c2ccccc2c1/C=N/NC(=O)c1ccc(F)cc1. The van der Waals surface area contributed by atoms with Crippen LogP contribution in [0, 0.1) is 12.7 Å². The number of benzene rings is 2. The monoisotopic (exact) mass is 295 g/mol. The van der Waals surface area contributed by atoms with E-state index >= 15 is 0 Å². The van der Waals surface area contributed by atoms with Crippen molar-refractivity contribution >= 4 is 23.0 Å². The number of hydrogen-bond acceptors (Lipinski definition) is 2. The molecule has 1 amide bonds. The van der Waals surface area contributed by atoms with Gasteiger partial charge in [-0.15, -0.1) is 0 Å². The second-order valence-corrected chi connectivity index (χ2v) is 4.92. The molecule has 0 saturated heterocycles. The van der Waals surface area contributed by atoms with E-state index in [-0.39, 0.29) is 11.7 Å². The van der Waals surface area contributed by atoms with Gasteiger partial charge < -0.3 is 4.98 Å². The molecule has 0 atom stereocenters. The smallest absolute Gasteiger partial charge is 0.271 e. The molecule has 5 heteroatoms. The number of aromatic amines is 1. The highest BCUT2D eigenvalue weighted by molar-refractivity contribution is 6.01. The minimum Gasteiger partial charge on any atom is -0.358 e. The van der Waals surface area contributed by atoms with Crippen LogP contribution in [-0.2, 0) is 0 Å². The number of hydrazone groups is 1. The Labute approximate surface area is 126 Å². The standard InChI is InChI=1S/C17H14FN3O/c1-11-15(14-4-2-3-5-16(14)20-11)10-19-21-17(22)12-6-8-13(18)9-7-12/h2-10,20H,1H3,(H,21,22)/b19-10+. The molecule has 0 saturated carbocycles. The van der Waals surface area contributed by atoms with Gasteiger partial charge in [-0.2, -0.15) is 5.10 Å². The third-order valence-corrected chi connectivity index (χ3v) is 3.41. The molecule has 0 fully saturated rings. The Bertz CT molecular complexity index is 850. The molecule has 3 aromatic rings. The zero-order valence-electron chi connectivity index (χ0n) is 11.9. The number of amides is 1. The highest BCUT2D eigenvalue weighted by Crippen LogP contribution is 2.19. The average Bonchev–Trinajstić information content (AvgIpc) is 2.84. The molecule has 0 aliphatic carbocycles. The van der Waals surface area contributed by atoms with Gasteiger partial charge in [-0.3, -0.25) is 4.79 Å². The second-order valence-electron chi connectivity index (χ2n) is 4.92. The van der Waals surface area contributed by atoms with Crippen LogP contribution in [0.25, 0.3) is 10.9 Å². The summed E-state index contributed by atoms with van der Waals surface area (Å²) < 4.78 is 12.8. The second kappa shape index (κ2) is 5.81. The summed E-state index contributed by atoms with van der Waals surface area (Å²) in [5.41, 5.74) is 5.72. The summed E-state index contributed by atoms with van der Waals surface area (Å²) in [4.78, 5) is 15.1. The van der Waals surface area contributed by atoms with Crippen molar-refractivity contribution in [3.05, 3.63) is 71.2 Å². The first-order chi connectivity index (χ1) is 10.6. The van der Waals surface area contributed by atoms with Gasteiger partial charge in [-0.1, -0.05) is 18.2 Å². The number of aromatic nitrogens is 1. The van der Waals surface area contributed by atoms with Crippen LogP contribution in [0.3, 0.4) is 0 Å². The summed E-state index contributed by atoms with van der Waals surface area (Å²) in [5.74, 6) is -0.761. The molecule has 2 aromatic carbocycles. The number of fused-ring (bicyclic) bond motifs is 1. The fraction of sp³-hybridized carbons (Fsp3) is 0.0588.